The summed E-state index contributed by atoms with van der Waals surface area (Å²) in [5.74, 6) is -0.293. The molecule has 0 aromatic heterocycles. The minimum absolute atomic E-state index is 0.293. The highest BCUT2D eigenvalue weighted by Crippen LogP contribution is 2.20. The molecule has 1 aromatic rings. The predicted octanol–water partition coefficient (Wildman–Crippen LogP) is 2.54. The maximum Gasteiger partial charge on any atom is 0.127 e. The van der Waals surface area contributed by atoms with Gasteiger partial charge in [0.1, 0.15) is 5.82 Å². The number of nitrogens with two attached hydrogens (primary N) is 1. The number of nitrogen functional groups attached to an aromatic ring is 1. The Hall–Kier alpha value is -1.51. The van der Waals surface area contributed by atoms with E-state index in [1.807, 2.05) is 0 Å². The quantitative estimate of drug-likeness (QED) is 0.558. The van der Waals surface area contributed by atoms with Gasteiger partial charge >= 0.3 is 0 Å². The minimum Gasteiger partial charge on any atom is -0.399 e. The molecule has 0 atom stereocenters. The lowest BCUT2D eigenvalue weighted by Gasteiger charge is -2.13. The SMILES string of the molecule is Nc1cc(F)cc(NC2CC=CC2)c1. The molecule has 74 valence electrons. The molecule has 1 aromatic carbocycles. The highest BCUT2D eigenvalue weighted by Gasteiger charge is 2.09. The van der Waals surface area contributed by atoms with E-state index in [0.717, 1.165) is 18.5 Å². The lowest BCUT2D eigenvalue weighted by molar-refractivity contribution is 0.628. The molecule has 1 aliphatic carbocycles. The molecule has 0 bridgehead atoms. The highest BCUT2D eigenvalue weighted by atomic mass is 19.1. The maximum atomic E-state index is 13.0. The molecule has 0 heterocycles. The second-order valence-corrected chi connectivity index (χ2v) is 3.56. The van der Waals surface area contributed by atoms with Crippen molar-refractivity contribution in [2.24, 2.45) is 0 Å². The summed E-state index contributed by atoms with van der Waals surface area (Å²) in [4.78, 5) is 0. The molecule has 1 aliphatic rings. The third-order valence-electron chi connectivity index (χ3n) is 2.30. The van der Waals surface area contributed by atoms with Crippen LogP contribution < -0.4 is 11.1 Å². The van der Waals surface area contributed by atoms with Crippen LogP contribution in [-0.4, -0.2) is 6.04 Å². The van der Waals surface area contributed by atoms with E-state index in [2.05, 4.69) is 17.5 Å². The van der Waals surface area contributed by atoms with E-state index in [4.69, 9.17) is 5.73 Å². The molecular formula is C11H13FN2. The number of halogens is 1. The molecule has 0 fully saturated rings. The molecule has 2 nitrogen and oxygen atoms in total. The van der Waals surface area contributed by atoms with Crippen molar-refractivity contribution in [1.29, 1.82) is 0 Å². The number of nitrogens with one attached hydrogen (secondary N) is 1. The number of benzene rings is 1. The molecule has 3 N–H and O–H groups in total. The van der Waals surface area contributed by atoms with Gasteiger partial charge in [-0.2, -0.15) is 0 Å². The maximum absolute atomic E-state index is 13.0. The van der Waals surface area contributed by atoms with Gasteiger partial charge < -0.3 is 11.1 Å². The number of rotatable bonds is 2. The zero-order valence-corrected chi connectivity index (χ0v) is 7.83. The van der Waals surface area contributed by atoms with Crippen LogP contribution in [0.5, 0.6) is 0 Å². The Balaban J connectivity index is 2.08. The minimum atomic E-state index is -0.293. The van der Waals surface area contributed by atoms with Crippen LogP contribution in [0, 0.1) is 5.82 Å². The Labute approximate surface area is 82.6 Å². The molecule has 0 saturated carbocycles. The summed E-state index contributed by atoms with van der Waals surface area (Å²) >= 11 is 0. The van der Waals surface area contributed by atoms with Gasteiger partial charge in [0.15, 0.2) is 0 Å². The first-order valence-electron chi connectivity index (χ1n) is 4.71. The van der Waals surface area contributed by atoms with Crippen LogP contribution >= 0.6 is 0 Å². The van der Waals surface area contributed by atoms with E-state index in [-0.39, 0.29) is 5.82 Å². The topological polar surface area (TPSA) is 38.0 Å². The van der Waals surface area contributed by atoms with Crippen molar-refractivity contribution >= 4 is 11.4 Å². The third-order valence-corrected chi connectivity index (χ3v) is 2.30. The van der Waals surface area contributed by atoms with Crippen molar-refractivity contribution in [3.05, 3.63) is 36.2 Å². The van der Waals surface area contributed by atoms with Crippen molar-refractivity contribution in [2.45, 2.75) is 18.9 Å². The zero-order valence-electron chi connectivity index (χ0n) is 7.83. The second kappa shape index (κ2) is 3.70. The molecule has 2 rings (SSSR count). The van der Waals surface area contributed by atoms with Gasteiger partial charge in [0.25, 0.3) is 0 Å². The normalized spacial score (nSPS) is 16.1. The Bertz CT molecular complexity index is 332. The molecule has 14 heavy (non-hydrogen) atoms. The molecular weight excluding hydrogens is 179 g/mol. The summed E-state index contributed by atoms with van der Waals surface area (Å²) in [5.41, 5.74) is 6.76. The van der Waals surface area contributed by atoms with Gasteiger partial charge in [-0.3, -0.25) is 0 Å². The van der Waals surface area contributed by atoms with E-state index in [1.165, 1.54) is 12.1 Å². The van der Waals surface area contributed by atoms with Crippen molar-refractivity contribution < 1.29 is 4.39 Å². The van der Waals surface area contributed by atoms with Gasteiger partial charge in [0.05, 0.1) is 0 Å². The van der Waals surface area contributed by atoms with E-state index in [0.29, 0.717) is 11.7 Å². The standard InChI is InChI=1S/C11H13FN2/c12-8-5-9(13)7-11(6-8)14-10-3-1-2-4-10/h1-2,5-7,10,14H,3-4,13H2. The Kier molecular flexibility index (Phi) is 2.39. The van der Waals surface area contributed by atoms with Crippen LogP contribution in [-0.2, 0) is 0 Å². The van der Waals surface area contributed by atoms with E-state index in [9.17, 15) is 4.39 Å². The molecule has 0 unspecified atom stereocenters. The van der Waals surface area contributed by atoms with Crippen molar-refractivity contribution in [2.75, 3.05) is 11.1 Å². The van der Waals surface area contributed by atoms with E-state index < -0.39 is 0 Å². The predicted molar refractivity (Wildman–Crippen MR) is 56.6 cm³/mol. The Morgan fingerprint density at radius 1 is 1.21 bits per heavy atom. The van der Waals surface area contributed by atoms with Gasteiger partial charge in [-0.05, 0) is 31.0 Å². The van der Waals surface area contributed by atoms with Crippen LogP contribution in [0.2, 0.25) is 0 Å². The first-order chi connectivity index (χ1) is 6.74. The van der Waals surface area contributed by atoms with E-state index >= 15 is 0 Å². The smallest absolute Gasteiger partial charge is 0.127 e. The molecule has 0 amide bonds. The van der Waals surface area contributed by atoms with Crippen LogP contribution in [0.15, 0.2) is 30.4 Å². The van der Waals surface area contributed by atoms with Crippen molar-refractivity contribution in [1.82, 2.24) is 0 Å². The summed E-state index contributed by atoms with van der Waals surface area (Å²) in [6.45, 7) is 0. The third kappa shape index (κ3) is 2.05. The Morgan fingerprint density at radius 3 is 2.57 bits per heavy atom. The summed E-state index contributed by atoms with van der Waals surface area (Å²) in [7, 11) is 0. The first kappa shape index (κ1) is 9.06. The molecule has 0 radical (unpaired) electrons. The molecule has 0 spiro atoms. The fraction of sp³-hybridized carbons (Fsp3) is 0.273. The summed E-state index contributed by atoms with van der Waals surface area (Å²) in [6.07, 6.45) is 6.24. The fourth-order valence-electron chi connectivity index (χ4n) is 1.67. The van der Waals surface area contributed by atoms with Crippen LogP contribution in [0.4, 0.5) is 15.8 Å². The van der Waals surface area contributed by atoms with Gasteiger partial charge in [0.2, 0.25) is 0 Å². The van der Waals surface area contributed by atoms with Gasteiger partial charge in [-0.15, -0.1) is 0 Å². The average Bonchev–Trinajstić information content (AvgIpc) is 2.54. The van der Waals surface area contributed by atoms with Gasteiger partial charge in [0, 0.05) is 17.4 Å². The average molecular weight is 192 g/mol. The van der Waals surface area contributed by atoms with Crippen molar-refractivity contribution in [3.8, 4) is 0 Å². The highest BCUT2D eigenvalue weighted by molar-refractivity contribution is 5.55. The Morgan fingerprint density at radius 2 is 1.93 bits per heavy atom. The van der Waals surface area contributed by atoms with Crippen molar-refractivity contribution in [3.63, 3.8) is 0 Å². The van der Waals surface area contributed by atoms with E-state index in [1.54, 1.807) is 6.07 Å². The summed E-state index contributed by atoms with van der Waals surface area (Å²) in [6, 6.07) is 4.92. The fourth-order valence-corrected chi connectivity index (χ4v) is 1.67. The van der Waals surface area contributed by atoms with Gasteiger partial charge in [-0.1, -0.05) is 12.2 Å². The summed E-state index contributed by atoms with van der Waals surface area (Å²) < 4.78 is 13.0. The zero-order chi connectivity index (χ0) is 9.97. The number of hydrogen-bond donors (Lipinski definition) is 2. The lowest BCUT2D eigenvalue weighted by atomic mass is 10.2. The number of anilines is 2. The van der Waals surface area contributed by atoms with Crippen LogP contribution in [0.25, 0.3) is 0 Å². The number of hydrogen-bond acceptors (Lipinski definition) is 2. The van der Waals surface area contributed by atoms with Crippen LogP contribution in [0.3, 0.4) is 0 Å². The molecule has 3 heteroatoms. The van der Waals surface area contributed by atoms with Crippen LogP contribution in [0.1, 0.15) is 12.8 Å². The molecule has 0 aliphatic heterocycles. The largest absolute Gasteiger partial charge is 0.399 e. The lowest BCUT2D eigenvalue weighted by Crippen LogP contribution is -2.15. The van der Waals surface area contributed by atoms with Gasteiger partial charge in [-0.25, -0.2) is 4.39 Å². The molecule has 0 saturated heterocycles. The first-order valence-corrected chi connectivity index (χ1v) is 4.71. The summed E-state index contributed by atoms with van der Waals surface area (Å²) in [5, 5.41) is 3.24. The monoisotopic (exact) mass is 192 g/mol. The second-order valence-electron chi connectivity index (χ2n) is 3.56.